The van der Waals surface area contributed by atoms with Gasteiger partial charge in [-0.1, -0.05) is 12.1 Å². The van der Waals surface area contributed by atoms with E-state index < -0.39 is 0 Å². The SMILES string of the molecule is COc1ccccc1N(CCC#N)C(=S)Nc1ccc(F)cc1. The number of nitrogens with one attached hydrogen (secondary N) is 1. The maximum absolute atomic E-state index is 13.0. The van der Waals surface area contributed by atoms with Gasteiger partial charge in [0, 0.05) is 12.2 Å². The third-order valence-electron chi connectivity index (χ3n) is 3.16. The van der Waals surface area contributed by atoms with Gasteiger partial charge in [-0.2, -0.15) is 5.26 Å². The summed E-state index contributed by atoms with van der Waals surface area (Å²) in [5, 5.41) is 12.3. The number of anilines is 2. The van der Waals surface area contributed by atoms with Gasteiger partial charge in [0.2, 0.25) is 0 Å². The average Bonchev–Trinajstić information content (AvgIpc) is 2.57. The summed E-state index contributed by atoms with van der Waals surface area (Å²) in [7, 11) is 1.58. The molecular formula is C17H16FN3OS. The lowest BCUT2D eigenvalue weighted by atomic mass is 10.2. The van der Waals surface area contributed by atoms with Crippen molar-refractivity contribution in [3.63, 3.8) is 0 Å². The van der Waals surface area contributed by atoms with Gasteiger partial charge in [-0.05, 0) is 48.6 Å². The Bertz CT molecular complexity index is 713. The number of ether oxygens (including phenoxy) is 1. The van der Waals surface area contributed by atoms with E-state index in [4.69, 9.17) is 22.2 Å². The Morgan fingerprint density at radius 3 is 2.61 bits per heavy atom. The zero-order chi connectivity index (χ0) is 16.7. The van der Waals surface area contributed by atoms with Gasteiger partial charge in [0.05, 0.1) is 25.3 Å². The average molecular weight is 329 g/mol. The Kier molecular flexibility index (Phi) is 5.89. The predicted octanol–water partition coefficient (Wildman–Crippen LogP) is 3.95. The van der Waals surface area contributed by atoms with E-state index in [0.717, 1.165) is 5.69 Å². The van der Waals surface area contributed by atoms with E-state index in [-0.39, 0.29) is 5.82 Å². The maximum Gasteiger partial charge on any atom is 0.178 e. The molecule has 4 nitrogen and oxygen atoms in total. The molecule has 2 aromatic rings. The minimum Gasteiger partial charge on any atom is -0.495 e. The summed E-state index contributed by atoms with van der Waals surface area (Å²) in [6, 6.07) is 15.5. The van der Waals surface area contributed by atoms with Crippen molar-refractivity contribution in [2.75, 3.05) is 23.9 Å². The minimum atomic E-state index is -0.312. The second-order valence-electron chi connectivity index (χ2n) is 4.67. The number of methoxy groups -OCH3 is 1. The van der Waals surface area contributed by atoms with Crippen molar-refractivity contribution < 1.29 is 9.13 Å². The fourth-order valence-electron chi connectivity index (χ4n) is 2.07. The third kappa shape index (κ3) is 4.41. The number of halogens is 1. The summed E-state index contributed by atoms with van der Waals surface area (Å²) in [6.07, 6.45) is 0.309. The number of benzene rings is 2. The van der Waals surface area contributed by atoms with Crippen molar-refractivity contribution >= 4 is 28.7 Å². The van der Waals surface area contributed by atoms with E-state index in [1.807, 2.05) is 24.3 Å². The Morgan fingerprint density at radius 2 is 1.96 bits per heavy atom. The van der Waals surface area contributed by atoms with Crippen LogP contribution in [0.4, 0.5) is 15.8 Å². The first-order valence-corrected chi connectivity index (χ1v) is 7.40. The van der Waals surface area contributed by atoms with E-state index in [0.29, 0.717) is 29.5 Å². The van der Waals surface area contributed by atoms with E-state index in [9.17, 15) is 4.39 Å². The van der Waals surface area contributed by atoms with Gasteiger partial charge in [0.1, 0.15) is 11.6 Å². The van der Waals surface area contributed by atoms with Crippen molar-refractivity contribution in [2.24, 2.45) is 0 Å². The van der Waals surface area contributed by atoms with Gasteiger partial charge in [-0.15, -0.1) is 0 Å². The van der Waals surface area contributed by atoms with Gasteiger partial charge in [-0.3, -0.25) is 0 Å². The van der Waals surface area contributed by atoms with Crippen LogP contribution in [0.3, 0.4) is 0 Å². The monoisotopic (exact) mass is 329 g/mol. The lowest BCUT2D eigenvalue weighted by molar-refractivity contribution is 0.415. The molecule has 0 radical (unpaired) electrons. The number of hydrogen-bond acceptors (Lipinski definition) is 3. The molecule has 0 fully saturated rings. The molecule has 0 saturated carbocycles. The lowest BCUT2D eigenvalue weighted by Crippen LogP contribution is -2.35. The molecule has 2 rings (SSSR count). The molecule has 6 heteroatoms. The third-order valence-corrected chi connectivity index (χ3v) is 3.49. The van der Waals surface area contributed by atoms with Crippen LogP contribution in [0.5, 0.6) is 5.75 Å². The molecule has 0 aliphatic rings. The van der Waals surface area contributed by atoms with Crippen LogP contribution in [-0.2, 0) is 0 Å². The first-order chi connectivity index (χ1) is 11.2. The van der Waals surface area contributed by atoms with E-state index >= 15 is 0 Å². The molecule has 0 saturated heterocycles. The number of thiocarbonyl (C=S) groups is 1. The summed E-state index contributed by atoms with van der Waals surface area (Å²) in [5.74, 6) is 0.348. The molecule has 0 heterocycles. The Labute approximate surface area is 140 Å². The predicted molar refractivity (Wildman–Crippen MR) is 93.2 cm³/mol. The van der Waals surface area contributed by atoms with Gasteiger partial charge < -0.3 is 15.0 Å². The van der Waals surface area contributed by atoms with E-state index in [1.165, 1.54) is 12.1 Å². The normalized spacial score (nSPS) is 9.78. The molecule has 0 aromatic heterocycles. The van der Waals surface area contributed by atoms with Crippen molar-refractivity contribution in [2.45, 2.75) is 6.42 Å². The molecule has 0 atom stereocenters. The molecule has 0 aliphatic carbocycles. The highest BCUT2D eigenvalue weighted by atomic mass is 32.1. The summed E-state index contributed by atoms with van der Waals surface area (Å²) in [4.78, 5) is 1.79. The quantitative estimate of drug-likeness (QED) is 0.842. The largest absolute Gasteiger partial charge is 0.495 e. The highest BCUT2D eigenvalue weighted by molar-refractivity contribution is 7.80. The number of rotatable bonds is 5. The van der Waals surface area contributed by atoms with Crippen molar-refractivity contribution in [3.8, 4) is 11.8 Å². The van der Waals surface area contributed by atoms with Crippen molar-refractivity contribution in [1.82, 2.24) is 0 Å². The van der Waals surface area contributed by atoms with Crippen LogP contribution in [-0.4, -0.2) is 18.8 Å². The summed E-state index contributed by atoms with van der Waals surface area (Å²) >= 11 is 5.45. The summed E-state index contributed by atoms with van der Waals surface area (Å²) in [5.41, 5.74) is 1.44. The Hall–Kier alpha value is -2.65. The molecule has 0 unspecified atom stereocenters. The molecule has 0 aliphatic heterocycles. The van der Waals surface area contributed by atoms with Crippen molar-refractivity contribution in [3.05, 3.63) is 54.3 Å². The van der Waals surface area contributed by atoms with Crippen LogP contribution in [0.2, 0.25) is 0 Å². The zero-order valence-electron chi connectivity index (χ0n) is 12.6. The summed E-state index contributed by atoms with van der Waals surface area (Å²) < 4.78 is 18.4. The standard InChI is InChI=1S/C17H16FN3OS/c1-22-16-6-3-2-5-15(16)21(12-4-11-19)17(23)20-14-9-7-13(18)8-10-14/h2-3,5-10H,4,12H2,1H3,(H,20,23). The molecule has 23 heavy (non-hydrogen) atoms. The van der Waals surface area contributed by atoms with E-state index in [2.05, 4.69) is 11.4 Å². The first kappa shape index (κ1) is 16.7. The first-order valence-electron chi connectivity index (χ1n) is 6.99. The lowest BCUT2D eigenvalue weighted by Gasteiger charge is -2.26. The van der Waals surface area contributed by atoms with Crippen LogP contribution < -0.4 is 15.0 Å². The van der Waals surface area contributed by atoms with Gasteiger partial charge in [-0.25, -0.2) is 4.39 Å². The van der Waals surface area contributed by atoms with Crippen LogP contribution in [0.15, 0.2) is 48.5 Å². The fraction of sp³-hybridized carbons (Fsp3) is 0.176. The number of nitrogens with zero attached hydrogens (tertiary/aromatic N) is 2. The Balaban J connectivity index is 2.25. The van der Waals surface area contributed by atoms with Crippen LogP contribution in [0, 0.1) is 17.1 Å². The summed E-state index contributed by atoms with van der Waals surface area (Å²) in [6.45, 7) is 0.421. The molecular weight excluding hydrogens is 313 g/mol. The highest BCUT2D eigenvalue weighted by Gasteiger charge is 2.16. The molecule has 1 N–H and O–H groups in total. The zero-order valence-corrected chi connectivity index (χ0v) is 13.4. The minimum absolute atomic E-state index is 0.309. The van der Waals surface area contributed by atoms with Crippen LogP contribution in [0.1, 0.15) is 6.42 Å². The Morgan fingerprint density at radius 1 is 1.26 bits per heavy atom. The second-order valence-corrected chi connectivity index (χ2v) is 5.06. The smallest absolute Gasteiger partial charge is 0.178 e. The number of nitriles is 1. The van der Waals surface area contributed by atoms with Gasteiger partial charge in [0.15, 0.2) is 5.11 Å². The molecule has 0 spiro atoms. The maximum atomic E-state index is 13.0. The van der Waals surface area contributed by atoms with Crippen molar-refractivity contribution in [1.29, 1.82) is 5.26 Å². The highest BCUT2D eigenvalue weighted by Crippen LogP contribution is 2.28. The van der Waals surface area contributed by atoms with Crippen LogP contribution >= 0.6 is 12.2 Å². The van der Waals surface area contributed by atoms with Gasteiger partial charge in [0.25, 0.3) is 0 Å². The molecule has 0 bridgehead atoms. The molecule has 118 valence electrons. The molecule has 2 aromatic carbocycles. The van der Waals surface area contributed by atoms with Gasteiger partial charge >= 0.3 is 0 Å². The second kappa shape index (κ2) is 8.11. The topological polar surface area (TPSA) is 48.3 Å². The molecule has 0 amide bonds. The van der Waals surface area contributed by atoms with E-state index in [1.54, 1.807) is 24.1 Å². The van der Waals surface area contributed by atoms with Crippen LogP contribution in [0.25, 0.3) is 0 Å². The fourth-order valence-corrected chi connectivity index (χ4v) is 2.38. The number of hydrogen-bond donors (Lipinski definition) is 1. The number of para-hydroxylation sites is 2.